The summed E-state index contributed by atoms with van der Waals surface area (Å²) >= 11 is 1.46. The van der Waals surface area contributed by atoms with Gasteiger partial charge in [-0.3, -0.25) is 6.08 Å². The van der Waals surface area contributed by atoms with Crippen molar-refractivity contribution in [2.24, 2.45) is 17.3 Å². The van der Waals surface area contributed by atoms with Crippen LogP contribution in [0.4, 0.5) is 0 Å². The second kappa shape index (κ2) is 16.6. The minimum Gasteiger partial charge on any atom is -1.00 e. The van der Waals surface area contributed by atoms with Crippen molar-refractivity contribution in [3.8, 4) is 0 Å². The van der Waals surface area contributed by atoms with E-state index in [0.717, 1.165) is 0 Å². The molecule has 0 bridgehead atoms. The first-order valence-electron chi connectivity index (χ1n) is 14.6. The minimum absolute atomic E-state index is 0. The zero-order valence-electron chi connectivity index (χ0n) is 26.4. The summed E-state index contributed by atoms with van der Waals surface area (Å²) in [5.41, 5.74) is 7.03. The molecule has 43 heavy (non-hydrogen) atoms. The Labute approximate surface area is 286 Å². The fourth-order valence-electron chi connectivity index (χ4n) is 4.84. The van der Waals surface area contributed by atoms with Crippen LogP contribution in [0.15, 0.2) is 121 Å². The second-order valence-electron chi connectivity index (χ2n) is 12.4. The summed E-state index contributed by atoms with van der Waals surface area (Å²) < 4.78 is 1.42. The Morgan fingerprint density at radius 2 is 1.12 bits per heavy atom. The molecule has 0 aliphatic heterocycles. The van der Waals surface area contributed by atoms with Crippen LogP contribution in [0.25, 0.3) is 21.5 Å². The summed E-state index contributed by atoms with van der Waals surface area (Å²) in [6.45, 7) is 15.5. The van der Waals surface area contributed by atoms with Crippen LogP contribution in [0, 0.1) is 37.2 Å². The predicted molar refractivity (Wildman–Crippen MR) is 176 cm³/mol. The average molecular weight is 685 g/mol. The summed E-state index contributed by atoms with van der Waals surface area (Å²) in [4.78, 5) is 0. The Hall–Kier alpha value is -2.44. The van der Waals surface area contributed by atoms with E-state index in [1.807, 2.05) is 0 Å². The third kappa shape index (κ3) is 10.0. The number of fused-ring (bicyclic) bond motifs is 3. The van der Waals surface area contributed by atoms with Gasteiger partial charge < -0.3 is 24.8 Å². The zero-order valence-corrected chi connectivity index (χ0v) is 30.4. The molecule has 222 valence electrons. The van der Waals surface area contributed by atoms with Gasteiger partial charge >= 0.3 is 112 Å². The smallest absolute Gasteiger partial charge is 0.0771 e. The molecule has 1 atom stereocenters. The van der Waals surface area contributed by atoms with Gasteiger partial charge in [-0.2, -0.15) is 11.6 Å². The Balaban J connectivity index is 0.000000222. The Kier molecular flexibility index (Phi) is 14.2. The van der Waals surface area contributed by atoms with Crippen LogP contribution in [0.5, 0.6) is 0 Å². The topological polar surface area (TPSA) is 0 Å². The number of aryl methyl sites for hydroxylation is 2. The van der Waals surface area contributed by atoms with Gasteiger partial charge in [0.25, 0.3) is 0 Å². The fourth-order valence-corrected chi connectivity index (χ4v) is 5.66. The van der Waals surface area contributed by atoms with Crippen molar-refractivity contribution in [1.29, 1.82) is 0 Å². The van der Waals surface area contributed by atoms with Crippen molar-refractivity contribution < 1.29 is 49.0 Å². The van der Waals surface area contributed by atoms with Crippen LogP contribution in [-0.2, 0) is 24.2 Å². The van der Waals surface area contributed by atoms with Gasteiger partial charge in [-0.15, -0.1) is 39.7 Å². The Morgan fingerprint density at radius 3 is 1.47 bits per heavy atom. The Bertz CT molecular complexity index is 1560. The molecule has 0 saturated heterocycles. The second-order valence-corrected chi connectivity index (χ2v) is 13.6. The maximum atomic E-state index is 3.40. The molecule has 5 aromatic carbocycles. The molecule has 1 unspecified atom stereocenters. The van der Waals surface area contributed by atoms with Gasteiger partial charge in [0.15, 0.2) is 0 Å². The molecule has 0 nitrogen and oxygen atoms in total. The van der Waals surface area contributed by atoms with Gasteiger partial charge in [0.05, 0.1) is 0 Å². The molecule has 0 saturated carbocycles. The largest absolute Gasteiger partial charge is 1.00 e. The number of benzene rings is 4. The molecular formula is C40H42Cl2Zr-2. The number of hydrogen-bond donors (Lipinski definition) is 0. The molecule has 0 fully saturated rings. The monoisotopic (exact) mass is 682 g/mol. The molecule has 0 N–H and O–H groups in total. The molecule has 0 aromatic heterocycles. The molecule has 1 aliphatic carbocycles. The third-order valence-corrected chi connectivity index (χ3v) is 9.00. The standard InChI is InChI=1S/C15H14.C13H9.C12H19.2ClH.Zr/c1-12-3-7-14(8-4-12)11-15-9-5-13(2)6-10-15;1-3-7-12-10(5-1)9-11-6-2-4-8-13(11)12;1-9(2)10-6-7-11(8-10)12(3,4)5;;;/h3-10H,1-2H3;1-9H;7-10H,1-5H3;2*1H;/q;2*-1;;;+2/p-2. The first-order chi connectivity index (χ1) is 19.5. The molecule has 3 heteroatoms. The van der Waals surface area contributed by atoms with E-state index in [1.54, 1.807) is 0 Å². The van der Waals surface area contributed by atoms with Crippen molar-refractivity contribution in [2.75, 3.05) is 0 Å². The van der Waals surface area contributed by atoms with Gasteiger partial charge in [0, 0.05) is 0 Å². The molecular weight excluding hydrogens is 643 g/mol. The first-order valence-corrected chi connectivity index (χ1v) is 15.8. The van der Waals surface area contributed by atoms with Crippen LogP contribution in [-0.4, -0.2) is 3.21 Å². The van der Waals surface area contributed by atoms with E-state index in [9.17, 15) is 0 Å². The van der Waals surface area contributed by atoms with Crippen molar-refractivity contribution in [3.63, 3.8) is 0 Å². The number of halogens is 2. The van der Waals surface area contributed by atoms with Crippen LogP contribution < -0.4 is 24.8 Å². The normalized spacial score (nSPS) is 13.7. The first kappa shape index (κ1) is 36.8. The van der Waals surface area contributed by atoms with Crippen molar-refractivity contribution in [2.45, 2.75) is 48.5 Å². The summed E-state index contributed by atoms with van der Waals surface area (Å²) in [7, 11) is 0. The third-order valence-electron chi connectivity index (χ3n) is 7.58. The maximum absolute atomic E-state index is 3.40. The van der Waals surface area contributed by atoms with E-state index in [2.05, 4.69) is 170 Å². The number of rotatable bonds is 3. The number of hydrogen-bond acceptors (Lipinski definition) is 0. The maximum Gasteiger partial charge on any atom is -0.0771 e. The van der Waals surface area contributed by atoms with Gasteiger partial charge in [-0.05, 0) is 0 Å². The summed E-state index contributed by atoms with van der Waals surface area (Å²) in [6, 6.07) is 36.8. The predicted octanol–water partition coefficient (Wildman–Crippen LogP) is 4.74. The minimum atomic E-state index is 0. The van der Waals surface area contributed by atoms with Crippen LogP contribution in [0.1, 0.15) is 56.9 Å². The number of allylic oxidation sites excluding steroid dienone is 4. The average Bonchev–Trinajstić information content (AvgIpc) is 3.60. The van der Waals surface area contributed by atoms with E-state index >= 15 is 0 Å². The van der Waals surface area contributed by atoms with Crippen molar-refractivity contribution >= 4 is 24.8 Å². The molecule has 0 spiro atoms. The Morgan fingerprint density at radius 1 is 0.698 bits per heavy atom. The van der Waals surface area contributed by atoms with Crippen LogP contribution in [0.2, 0.25) is 0 Å². The van der Waals surface area contributed by atoms with E-state index < -0.39 is 0 Å². The molecule has 0 heterocycles. The summed E-state index contributed by atoms with van der Waals surface area (Å²) in [5.74, 6) is 1.22. The molecule has 0 radical (unpaired) electrons. The summed E-state index contributed by atoms with van der Waals surface area (Å²) in [6.07, 6.45) is 7.90. The van der Waals surface area contributed by atoms with Crippen molar-refractivity contribution in [1.82, 2.24) is 0 Å². The zero-order chi connectivity index (χ0) is 29.6. The fraction of sp³-hybridized carbons (Fsp3) is 0.250. The van der Waals surface area contributed by atoms with E-state index in [4.69, 9.17) is 0 Å². The summed E-state index contributed by atoms with van der Waals surface area (Å²) in [5, 5.41) is 5.39. The van der Waals surface area contributed by atoms with Gasteiger partial charge in [-0.1, -0.05) is 88.3 Å². The van der Waals surface area contributed by atoms with Crippen LogP contribution >= 0.6 is 0 Å². The quantitative estimate of drug-likeness (QED) is 0.241. The molecule has 5 aromatic rings. The molecule has 1 aliphatic rings. The molecule has 6 rings (SSSR count). The van der Waals surface area contributed by atoms with E-state index in [1.165, 1.54) is 76.8 Å². The molecule has 0 amide bonds. The van der Waals surface area contributed by atoms with Gasteiger partial charge in [0.2, 0.25) is 0 Å². The van der Waals surface area contributed by atoms with Crippen molar-refractivity contribution in [3.05, 3.63) is 149 Å². The SMILES string of the molecule is CC(C)C1[C-]=CC(C(C)(C)C)=C1.Cc1ccc([C](=[Zr+2])c2ccc(C)cc2)cc1.[Cl-].[Cl-].c1ccc2c(c1)[cH-]c1ccccc12. The van der Waals surface area contributed by atoms with Gasteiger partial charge in [-0.25, -0.2) is 6.08 Å². The van der Waals surface area contributed by atoms with Gasteiger partial charge in [0.1, 0.15) is 0 Å². The van der Waals surface area contributed by atoms with E-state index in [0.29, 0.717) is 11.8 Å². The van der Waals surface area contributed by atoms with E-state index in [-0.39, 0.29) is 30.2 Å². The van der Waals surface area contributed by atoms with Crippen LogP contribution in [0.3, 0.4) is 0 Å².